The van der Waals surface area contributed by atoms with Gasteiger partial charge in [-0.15, -0.1) is 0 Å². The maximum Gasteiger partial charge on any atom is 0.181 e. The van der Waals surface area contributed by atoms with Gasteiger partial charge in [-0.2, -0.15) is 0 Å². The molecule has 5 heteroatoms. The van der Waals surface area contributed by atoms with Crippen LogP contribution in [0.5, 0.6) is 0 Å². The topological polar surface area (TPSA) is 38.1 Å². The van der Waals surface area contributed by atoms with Crippen LogP contribution in [0.3, 0.4) is 0 Å². The molecule has 0 aliphatic heterocycles. The quantitative estimate of drug-likeness (QED) is 0.733. The molecule has 0 aliphatic carbocycles. The third-order valence-corrected chi connectivity index (χ3v) is 3.73. The van der Waals surface area contributed by atoms with E-state index in [0.29, 0.717) is 11.0 Å². The molecular formula is C16H12BrFN2O. The molecule has 0 amide bonds. The van der Waals surface area contributed by atoms with E-state index >= 15 is 0 Å². The number of hydrogen-bond donors (Lipinski definition) is 1. The van der Waals surface area contributed by atoms with Gasteiger partial charge in [0.15, 0.2) is 12.2 Å². The van der Waals surface area contributed by atoms with Gasteiger partial charge in [0, 0.05) is 17.8 Å². The Bertz CT molecular complexity index is 727. The van der Waals surface area contributed by atoms with Crippen molar-refractivity contribution >= 4 is 21.6 Å². The largest absolute Gasteiger partial charge is 0.444 e. The Morgan fingerprint density at radius 3 is 2.62 bits per heavy atom. The lowest BCUT2D eigenvalue weighted by atomic mass is 10.1. The Hall–Kier alpha value is -2.14. The fraction of sp³-hybridized carbons (Fsp3) is 0.0625. The molecule has 0 radical (unpaired) electrons. The van der Waals surface area contributed by atoms with Crippen LogP contribution in [0.15, 0.2) is 63.9 Å². The van der Waals surface area contributed by atoms with Gasteiger partial charge in [0.2, 0.25) is 0 Å². The highest BCUT2D eigenvalue weighted by atomic mass is 79.9. The fourth-order valence-electron chi connectivity index (χ4n) is 1.96. The number of nitrogens with zero attached hydrogens (tertiary/aromatic N) is 1. The van der Waals surface area contributed by atoms with Gasteiger partial charge in [-0.25, -0.2) is 9.37 Å². The molecule has 1 N–H and O–H groups in total. The number of hydrogen-bond acceptors (Lipinski definition) is 3. The third-order valence-electron chi connectivity index (χ3n) is 3.08. The number of aromatic nitrogens is 1. The molecule has 0 unspecified atom stereocenters. The molecular weight excluding hydrogens is 335 g/mol. The molecule has 0 saturated heterocycles. The number of rotatable bonds is 4. The van der Waals surface area contributed by atoms with E-state index < -0.39 is 0 Å². The summed E-state index contributed by atoms with van der Waals surface area (Å²) in [5.74, 6) is 0.478. The normalized spacial score (nSPS) is 10.6. The van der Waals surface area contributed by atoms with Gasteiger partial charge in [-0.3, -0.25) is 0 Å². The van der Waals surface area contributed by atoms with E-state index in [1.54, 1.807) is 12.3 Å². The Morgan fingerprint density at radius 1 is 1.14 bits per heavy atom. The summed E-state index contributed by atoms with van der Waals surface area (Å²) < 4.78 is 19.1. The first-order valence-corrected chi connectivity index (χ1v) is 7.18. The smallest absolute Gasteiger partial charge is 0.181 e. The highest BCUT2D eigenvalue weighted by Gasteiger charge is 2.03. The summed E-state index contributed by atoms with van der Waals surface area (Å²) in [6.45, 7) is 0.561. The van der Waals surface area contributed by atoms with E-state index in [9.17, 15) is 4.39 Å². The van der Waals surface area contributed by atoms with Crippen LogP contribution in [0.4, 0.5) is 10.1 Å². The number of benzene rings is 2. The summed E-state index contributed by atoms with van der Waals surface area (Å²) >= 11 is 3.14. The van der Waals surface area contributed by atoms with Crippen LogP contribution >= 0.6 is 15.9 Å². The van der Waals surface area contributed by atoms with Gasteiger partial charge in [0.25, 0.3) is 0 Å². The zero-order valence-electron chi connectivity index (χ0n) is 11.0. The summed E-state index contributed by atoms with van der Waals surface area (Å²) in [6, 6.07) is 12.9. The maximum absolute atomic E-state index is 13.4. The molecule has 0 fully saturated rings. The zero-order chi connectivity index (χ0) is 14.7. The molecule has 106 valence electrons. The molecule has 3 nitrogen and oxygen atoms in total. The highest BCUT2D eigenvalue weighted by Crippen LogP contribution is 2.21. The zero-order valence-corrected chi connectivity index (χ0v) is 12.6. The lowest BCUT2D eigenvalue weighted by Gasteiger charge is -2.07. The Kier molecular flexibility index (Phi) is 4.01. The van der Waals surface area contributed by atoms with Crippen molar-refractivity contribution in [2.75, 3.05) is 5.32 Å². The minimum atomic E-state index is -0.255. The van der Waals surface area contributed by atoms with E-state index in [1.807, 2.05) is 30.3 Å². The van der Waals surface area contributed by atoms with Crippen molar-refractivity contribution in [3.63, 3.8) is 0 Å². The molecule has 2 aromatic carbocycles. The van der Waals surface area contributed by atoms with Crippen molar-refractivity contribution in [3.05, 3.63) is 70.9 Å². The summed E-state index contributed by atoms with van der Waals surface area (Å²) in [7, 11) is 0. The summed E-state index contributed by atoms with van der Waals surface area (Å²) in [5, 5.41) is 3.25. The van der Waals surface area contributed by atoms with E-state index in [0.717, 1.165) is 22.6 Å². The molecule has 1 heterocycles. The highest BCUT2D eigenvalue weighted by molar-refractivity contribution is 9.10. The lowest BCUT2D eigenvalue weighted by Crippen LogP contribution is -1.99. The van der Waals surface area contributed by atoms with Crippen LogP contribution in [-0.4, -0.2) is 4.98 Å². The summed E-state index contributed by atoms with van der Waals surface area (Å²) in [4.78, 5) is 3.89. The predicted molar refractivity (Wildman–Crippen MR) is 83.4 cm³/mol. The molecule has 1 aromatic heterocycles. The van der Waals surface area contributed by atoms with Gasteiger partial charge in [-0.05, 0) is 57.9 Å². The van der Waals surface area contributed by atoms with Crippen LogP contribution in [-0.2, 0) is 6.54 Å². The minimum Gasteiger partial charge on any atom is -0.444 e. The Balaban J connectivity index is 1.66. The van der Waals surface area contributed by atoms with Gasteiger partial charge in [-0.1, -0.05) is 6.07 Å². The second-order valence-corrected chi connectivity index (χ2v) is 5.40. The molecule has 21 heavy (non-hydrogen) atoms. The van der Waals surface area contributed by atoms with Crippen LogP contribution in [0.2, 0.25) is 0 Å². The summed E-state index contributed by atoms with van der Waals surface area (Å²) in [6.07, 6.45) is 3.08. The average molecular weight is 347 g/mol. The second-order valence-electron chi connectivity index (χ2n) is 4.55. The van der Waals surface area contributed by atoms with E-state index in [1.165, 1.54) is 12.5 Å². The monoisotopic (exact) mass is 346 g/mol. The third kappa shape index (κ3) is 3.31. The Labute approximate surface area is 130 Å². The molecule has 3 rings (SSSR count). The Morgan fingerprint density at radius 2 is 1.95 bits per heavy atom. The number of nitrogens with one attached hydrogen (secondary N) is 1. The predicted octanol–water partition coefficient (Wildman–Crippen LogP) is 4.86. The van der Waals surface area contributed by atoms with E-state index in [2.05, 4.69) is 26.2 Å². The van der Waals surface area contributed by atoms with Crippen molar-refractivity contribution in [3.8, 4) is 11.3 Å². The van der Waals surface area contributed by atoms with Crippen molar-refractivity contribution < 1.29 is 8.81 Å². The minimum absolute atomic E-state index is 0.255. The second kappa shape index (κ2) is 6.10. The average Bonchev–Trinajstić information content (AvgIpc) is 3.03. The number of halogens is 2. The van der Waals surface area contributed by atoms with E-state index in [4.69, 9.17) is 4.42 Å². The van der Waals surface area contributed by atoms with Crippen LogP contribution < -0.4 is 5.32 Å². The lowest BCUT2D eigenvalue weighted by molar-refractivity contribution is 0.572. The van der Waals surface area contributed by atoms with Crippen molar-refractivity contribution in [2.45, 2.75) is 6.54 Å². The van der Waals surface area contributed by atoms with Gasteiger partial charge in [0.05, 0.1) is 10.7 Å². The standard InChI is InChI=1S/C16H12BrFN2O/c17-14-6-1-11(7-15(14)18)8-20-13-4-2-12(3-5-13)16-9-19-10-21-16/h1-7,9-10,20H,8H2. The van der Waals surface area contributed by atoms with Crippen molar-refractivity contribution in [2.24, 2.45) is 0 Å². The summed E-state index contributed by atoms with van der Waals surface area (Å²) in [5.41, 5.74) is 2.81. The van der Waals surface area contributed by atoms with Crippen LogP contribution in [0.1, 0.15) is 5.56 Å². The molecule has 0 atom stereocenters. The van der Waals surface area contributed by atoms with Gasteiger partial charge < -0.3 is 9.73 Å². The first-order chi connectivity index (χ1) is 10.2. The molecule has 3 aromatic rings. The SMILES string of the molecule is Fc1cc(CNc2ccc(-c3cnco3)cc2)ccc1Br. The van der Waals surface area contributed by atoms with Crippen molar-refractivity contribution in [1.82, 2.24) is 4.98 Å². The maximum atomic E-state index is 13.4. The van der Waals surface area contributed by atoms with Crippen LogP contribution in [0, 0.1) is 5.82 Å². The number of oxazole rings is 1. The fourth-order valence-corrected chi connectivity index (χ4v) is 2.21. The van der Waals surface area contributed by atoms with Gasteiger partial charge in [0.1, 0.15) is 5.82 Å². The number of anilines is 1. The molecule has 0 spiro atoms. The first-order valence-electron chi connectivity index (χ1n) is 6.39. The van der Waals surface area contributed by atoms with Crippen molar-refractivity contribution in [1.29, 1.82) is 0 Å². The molecule has 0 aliphatic rings. The first kappa shape index (κ1) is 13.8. The van der Waals surface area contributed by atoms with E-state index in [-0.39, 0.29) is 5.82 Å². The molecule has 0 saturated carbocycles. The van der Waals surface area contributed by atoms with Gasteiger partial charge >= 0.3 is 0 Å². The molecule has 0 bridgehead atoms. The van der Waals surface area contributed by atoms with Crippen LogP contribution in [0.25, 0.3) is 11.3 Å².